The molecule has 0 aliphatic carbocycles. The Morgan fingerprint density at radius 3 is 2.64 bits per heavy atom. The summed E-state index contributed by atoms with van der Waals surface area (Å²) in [5.41, 5.74) is 2.76. The predicted molar refractivity (Wildman–Crippen MR) is 84.0 cm³/mol. The predicted octanol–water partition coefficient (Wildman–Crippen LogP) is 1.50. The maximum Gasteiger partial charge on any atom is 0.225 e. The number of anilines is 2. The van der Waals surface area contributed by atoms with E-state index in [-0.39, 0.29) is 6.10 Å². The molecule has 0 radical (unpaired) electrons. The molecule has 0 bridgehead atoms. The average molecular weight is 300 g/mol. The fourth-order valence-electron chi connectivity index (χ4n) is 2.62. The van der Waals surface area contributed by atoms with Crippen LogP contribution >= 0.6 is 0 Å². The molecule has 116 valence electrons. The van der Waals surface area contributed by atoms with Crippen LogP contribution < -0.4 is 10.2 Å². The van der Waals surface area contributed by atoms with Gasteiger partial charge in [-0.05, 0) is 19.9 Å². The van der Waals surface area contributed by atoms with Gasteiger partial charge in [0, 0.05) is 37.4 Å². The number of rotatable bonds is 3. The van der Waals surface area contributed by atoms with Crippen LogP contribution in [0.15, 0.2) is 18.5 Å². The molecular formula is C15H20N6O. The molecule has 1 saturated heterocycles. The van der Waals surface area contributed by atoms with E-state index in [2.05, 4.69) is 30.2 Å². The highest BCUT2D eigenvalue weighted by Gasteiger charge is 2.27. The van der Waals surface area contributed by atoms with Crippen molar-refractivity contribution in [3.63, 3.8) is 0 Å². The van der Waals surface area contributed by atoms with Crippen molar-refractivity contribution in [1.82, 2.24) is 19.9 Å². The Hall–Kier alpha value is -2.28. The third kappa shape index (κ3) is 2.99. The lowest BCUT2D eigenvalue weighted by Crippen LogP contribution is -2.40. The third-order valence-electron chi connectivity index (χ3n) is 3.59. The van der Waals surface area contributed by atoms with Crippen molar-refractivity contribution in [1.29, 1.82) is 0 Å². The Balaban J connectivity index is 1.85. The summed E-state index contributed by atoms with van der Waals surface area (Å²) in [4.78, 5) is 19.9. The highest BCUT2D eigenvalue weighted by Crippen LogP contribution is 2.26. The topological polar surface area (TPSA) is 76.1 Å². The van der Waals surface area contributed by atoms with E-state index in [4.69, 9.17) is 4.74 Å². The monoisotopic (exact) mass is 300 g/mol. The molecule has 1 aliphatic heterocycles. The fraction of sp³-hybridized carbons (Fsp3) is 0.467. The average Bonchev–Trinajstić information content (AvgIpc) is 2.54. The largest absolute Gasteiger partial charge is 0.372 e. The van der Waals surface area contributed by atoms with Crippen molar-refractivity contribution in [3.05, 3.63) is 35.5 Å². The SMILES string of the molecule is CNc1nccnc1C1CN(c2nc(C)cc(C)n2)CCO1. The summed E-state index contributed by atoms with van der Waals surface area (Å²) in [6.45, 7) is 6.02. The molecule has 0 aromatic carbocycles. The highest BCUT2D eigenvalue weighted by molar-refractivity contribution is 5.42. The number of morpholine rings is 1. The van der Waals surface area contributed by atoms with Gasteiger partial charge in [0.2, 0.25) is 5.95 Å². The second kappa shape index (κ2) is 6.23. The molecule has 0 saturated carbocycles. The summed E-state index contributed by atoms with van der Waals surface area (Å²) in [7, 11) is 1.83. The van der Waals surface area contributed by atoms with E-state index in [1.165, 1.54) is 0 Å². The van der Waals surface area contributed by atoms with E-state index < -0.39 is 0 Å². The Morgan fingerprint density at radius 1 is 1.18 bits per heavy atom. The molecule has 1 aliphatic rings. The van der Waals surface area contributed by atoms with Gasteiger partial charge in [0.15, 0.2) is 0 Å². The number of nitrogens with one attached hydrogen (secondary N) is 1. The third-order valence-corrected chi connectivity index (χ3v) is 3.59. The van der Waals surface area contributed by atoms with Gasteiger partial charge in [-0.3, -0.25) is 4.98 Å². The lowest BCUT2D eigenvalue weighted by atomic mass is 10.2. The first kappa shape index (κ1) is 14.6. The second-order valence-corrected chi connectivity index (χ2v) is 5.30. The summed E-state index contributed by atoms with van der Waals surface area (Å²) in [5.74, 6) is 1.50. The minimum absolute atomic E-state index is 0.144. The minimum Gasteiger partial charge on any atom is -0.372 e. The van der Waals surface area contributed by atoms with E-state index in [1.807, 2.05) is 27.0 Å². The molecule has 1 N–H and O–H groups in total. The maximum absolute atomic E-state index is 5.88. The lowest BCUT2D eigenvalue weighted by molar-refractivity contribution is 0.0367. The van der Waals surface area contributed by atoms with Gasteiger partial charge in [0.25, 0.3) is 0 Å². The fourth-order valence-corrected chi connectivity index (χ4v) is 2.62. The van der Waals surface area contributed by atoms with Gasteiger partial charge in [-0.25, -0.2) is 15.0 Å². The van der Waals surface area contributed by atoms with Crippen molar-refractivity contribution in [3.8, 4) is 0 Å². The second-order valence-electron chi connectivity index (χ2n) is 5.30. The van der Waals surface area contributed by atoms with Gasteiger partial charge >= 0.3 is 0 Å². The van der Waals surface area contributed by atoms with Crippen LogP contribution in [0.4, 0.5) is 11.8 Å². The molecule has 2 aromatic heterocycles. The standard InChI is InChI=1S/C15H20N6O/c1-10-8-11(2)20-15(19-10)21-6-7-22-12(9-21)13-14(16-3)18-5-4-17-13/h4-5,8,12H,6-7,9H2,1-3H3,(H,16,18). The molecule has 22 heavy (non-hydrogen) atoms. The number of hydrogen-bond donors (Lipinski definition) is 1. The molecule has 0 amide bonds. The Morgan fingerprint density at radius 2 is 1.91 bits per heavy atom. The van der Waals surface area contributed by atoms with Gasteiger partial charge in [0.1, 0.15) is 17.6 Å². The van der Waals surface area contributed by atoms with Gasteiger partial charge in [-0.1, -0.05) is 0 Å². The summed E-state index contributed by atoms with van der Waals surface area (Å²) >= 11 is 0. The van der Waals surface area contributed by atoms with Gasteiger partial charge in [0.05, 0.1) is 13.2 Å². The van der Waals surface area contributed by atoms with Crippen molar-refractivity contribution < 1.29 is 4.74 Å². The molecule has 3 heterocycles. The molecule has 1 fully saturated rings. The van der Waals surface area contributed by atoms with Crippen LogP contribution in [-0.4, -0.2) is 46.7 Å². The van der Waals surface area contributed by atoms with Crippen LogP contribution in [0.1, 0.15) is 23.2 Å². The molecule has 3 rings (SSSR count). The zero-order valence-electron chi connectivity index (χ0n) is 13.1. The first-order valence-electron chi connectivity index (χ1n) is 7.35. The van der Waals surface area contributed by atoms with Crippen LogP contribution in [0.25, 0.3) is 0 Å². The summed E-state index contributed by atoms with van der Waals surface area (Å²) < 4.78 is 5.88. The van der Waals surface area contributed by atoms with Crippen LogP contribution in [0.3, 0.4) is 0 Å². The first-order valence-corrected chi connectivity index (χ1v) is 7.35. The summed E-state index contributed by atoms with van der Waals surface area (Å²) in [6, 6.07) is 1.98. The molecule has 0 spiro atoms. The Labute approximate surface area is 129 Å². The van der Waals surface area contributed by atoms with Crippen molar-refractivity contribution in [2.75, 3.05) is 37.0 Å². The molecule has 7 heteroatoms. The summed E-state index contributed by atoms with van der Waals surface area (Å²) in [6.07, 6.45) is 3.21. The zero-order chi connectivity index (χ0) is 15.5. The van der Waals surface area contributed by atoms with Crippen molar-refractivity contribution in [2.24, 2.45) is 0 Å². The number of aryl methyl sites for hydroxylation is 2. The van der Waals surface area contributed by atoms with Crippen LogP contribution in [0.5, 0.6) is 0 Å². The van der Waals surface area contributed by atoms with Gasteiger partial charge in [-0.2, -0.15) is 0 Å². The number of aromatic nitrogens is 4. The van der Waals surface area contributed by atoms with Crippen molar-refractivity contribution in [2.45, 2.75) is 20.0 Å². The summed E-state index contributed by atoms with van der Waals surface area (Å²) in [5, 5.41) is 3.06. The van der Waals surface area contributed by atoms with Crippen molar-refractivity contribution >= 4 is 11.8 Å². The number of nitrogens with zero attached hydrogens (tertiary/aromatic N) is 5. The van der Waals surface area contributed by atoms with E-state index in [9.17, 15) is 0 Å². The van der Waals surface area contributed by atoms with Crippen LogP contribution in [0.2, 0.25) is 0 Å². The minimum atomic E-state index is -0.144. The van der Waals surface area contributed by atoms with Crippen LogP contribution in [0, 0.1) is 13.8 Å². The Bertz CT molecular complexity index is 642. The van der Waals surface area contributed by atoms with E-state index in [0.29, 0.717) is 13.2 Å². The molecule has 1 atom stereocenters. The van der Waals surface area contributed by atoms with Gasteiger partial charge in [-0.15, -0.1) is 0 Å². The number of hydrogen-bond acceptors (Lipinski definition) is 7. The normalized spacial score (nSPS) is 18.3. The highest BCUT2D eigenvalue weighted by atomic mass is 16.5. The Kier molecular flexibility index (Phi) is 4.15. The molecule has 1 unspecified atom stereocenters. The zero-order valence-corrected chi connectivity index (χ0v) is 13.1. The molecule has 2 aromatic rings. The van der Waals surface area contributed by atoms with E-state index in [0.717, 1.165) is 35.4 Å². The quantitative estimate of drug-likeness (QED) is 0.920. The molecule has 7 nitrogen and oxygen atoms in total. The van der Waals surface area contributed by atoms with E-state index >= 15 is 0 Å². The van der Waals surface area contributed by atoms with E-state index in [1.54, 1.807) is 12.4 Å². The first-order chi connectivity index (χ1) is 10.7. The smallest absolute Gasteiger partial charge is 0.225 e. The van der Waals surface area contributed by atoms with Crippen LogP contribution in [-0.2, 0) is 4.74 Å². The van der Waals surface area contributed by atoms with Gasteiger partial charge < -0.3 is 15.0 Å². The maximum atomic E-state index is 5.88. The lowest BCUT2D eigenvalue weighted by Gasteiger charge is -2.33. The molecular weight excluding hydrogens is 280 g/mol. The number of ether oxygens (including phenoxy) is 1.